The van der Waals surface area contributed by atoms with Gasteiger partial charge < -0.3 is 15.5 Å². The Morgan fingerprint density at radius 3 is 2.94 bits per heavy atom. The minimum atomic E-state index is 0.388. The highest BCUT2D eigenvalue weighted by Gasteiger charge is 2.09. The van der Waals surface area contributed by atoms with Crippen LogP contribution in [0.5, 0.6) is 0 Å². The van der Waals surface area contributed by atoms with Gasteiger partial charge in [0, 0.05) is 12.6 Å². The van der Waals surface area contributed by atoms with Crippen molar-refractivity contribution < 1.29 is 4.42 Å². The monoisotopic (exact) mass is 247 g/mol. The van der Waals surface area contributed by atoms with Gasteiger partial charge in [0.15, 0.2) is 12.0 Å². The molecule has 1 heterocycles. The minimum absolute atomic E-state index is 0.388. The molecule has 0 spiro atoms. The lowest BCUT2D eigenvalue weighted by Gasteiger charge is -2.20. The molecule has 98 valence electrons. The summed E-state index contributed by atoms with van der Waals surface area (Å²) in [6.45, 7) is 5.98. The van der Waals surface area contributed by atoms with Gasteiger partial charge in [-0.3, -0.25) is 0 Å². The minimum Gasteiger partial charge on any atom is -0.443 e. The van der Waals surface area contributed by atoms with Crippen LogP contribution in [-0.4, -0.2) is 24.1 Å². The smallest absolute Gasteiger partial charge is 0.181 e. The Morgan fingerprint density at radius 1 is 1.39 bits per heavy atom. The predicted molar refractivity (Wildman–Crippen MR) is 73.4 cm³/mol. The molecule has 0 amide bonds. The Bertz CT molecular complexity index is 492. The number of fused-ring (bicyclic) bond motifs is 1. The van der Waals surface area contributed by atoms with E-state index in [1.165, 1.54) is 12.0 Å². The molecule has 0 aliphatic rings. The first-order valence-electron chi connectivity index (χ1n) is 6.46. The number of nitrogens with zero attached hydrogens (tertiary/aromatic N) is 1. The summed E-state index contributed by atoms with van der Waals surface area (Å²) in [5, 5.41) is 3.49. The van der Waals surface area contributed by atoms with Gasteiger partial charge in [0.05, 0.1) is 0 Å². The van der Waals surface area contributed by atoms with Crippen LogP contribution in [0.1, 0.15) is 19.4 Å². The molecule has 2 aromatic rings. The molecule has 1 aromatic heterocycles. The van der Waals surface area contributed by atoms with Crippen LogP contribution in [0.4, 0.5) is 0 Å². The zero-order chi connectivity index (χ0) is 13.0. The summed E-state index contributed by atoms with van der Waals surface area (Å²) in [4.78, 5) is 4.11. The Labute approximate surface area is 108 Å². The van der Waals surface area contributed by atoms with Gasteiger partial charge in [-0.25, -0.2) is 4.98 Å². The van der Waals surface area contributed by atoms with Crippen molar-refractivity contribution in [1.29, 1.82) is 0 Å². The zero-order valence-corrected chi connectivity index (χ0v) is 11.0. The quantitative estimate of drug-likeness (QED) is 0.819. The normalized spacial score (nSPS) is 13.3. The van der Waals surface area contributed by atoms with Crippen molar-refractivity contribution in [2.45, 2.75) is 26.3 Å². The first-order chi connectivity index (χ1) is 8.70. The third-order valence-corrected chi connectivity index (χ3v) is 3.27. The first-order valence-corrected chi connectivity index (χ1v) is 6.46. The fraction of sp³-hybridized carbons (Fsp3) is 0.500. The molecular weight excluding hydrogens is 226 g/mol. The summed E-state index contributed by atoms with van der Waals surface area (Å²) >= 11 is 0. The van der Waals surface area contributed by atoms with E-state index in [4.69, 9.17) is 10.2 Å². The second kappa shape index (κ2) is 5.98. The molecule has 0 radical (unpaired) electrons. The van der Waals surface area contributed by atoms with Crippen LogP contribution in [0.15, 0.2) is 29.0 Å². The number of hydrogen-bond donors (Lipinski definition) is 2. The molecule has 1 atom stereocenters. The highest BCUT2D eigenvalue weighted by Crippen LogP contribution is 2.14. The van der Waals surface area contributed by atoms with Crippen molar-refractivity contribution in [3.63, 3.8) is 0 Å². The average molecular weight is 247 g/mol. The highest BCUT2D eigenvalue weighted by molar-refractivity contribution is 5.72. The molecule has 2 rings (SSSR count). The van der Waals surface area contributed by atoms with E-state index in [0.717, 1.165) is 24.1 Å². The summed E-state index contributed by atoms with van der Waals surface area (Å²) in [6.07, 6.45) is 2.45. The number of rotatable bonds is 6. The van der Waals surface area contributed by atoms with Crippen LogP contribution in [0.3, 0.4) is 0 Å². The number of nitrogens with one attached hydrogen (secondary N) is 1. The van der Waals surface area contributed by atoms with Gasteiger partial charge >= 0.3 is 0 Å². The van der Waals surface area contributed by atoms with Crippen molar-refractivity contribution in [3.05, 3.63) is 30.2 Å². The largest absolute Gasteiger partial charge is 0.443 e. The standard InChI is InChI=1S/C14H21N3O/c1-10(2)13(8-15)16-6-5-11-3-4-12-14(7-11)18-9-17-12/h3-4,7,9-10,13,16H,5-6,8,15H2,1-2H3. The van der Waals surface area contributed by atoms with Gasteiger partial charge in [0.1, 0.15) is 5.52 Å². The molecule has 4 nitrogen and oxygen atoms in total. The van der Waals surface area contributed by atoms with Crippen molar-refractivity contribution in [3.8, 4) is 0 Å². The lowest BCUT2D eigenvalue weighted by molar-refractivity contribution is 0.409. The molecule has 0 fully saturated rings. The van der Waals surface area contributed by atoms with Crippen LogP contribution in [0, 0.1) is 5.92 Å². The topological polar surface area (TPSA) is 64.1 Å². The maximum Gasteiger partial charge on any atom is 0.181 e. The van der Waals surface area contributed by atoms with Gasteiger partial charge in [-0.1, -0.05) is 19.9 Å². The van der Waals surface area contributed by atoms with Crippen LogP contribution in [0.25, 0.3) is 11.1 Å². The summed E-state index contributed by atoms with van der Waals surface area (Å²) < 4.78 is 5.29. The van der Waals surface area contributed by atoms with E-state index in [2.05, 4.69) is 36.3 Å². The molecule has 0 bridgehead atoms. The zero-order valence-electron chi connectivity index (χ0n) is 11.0. The van der Waals surface area contributed by atoms with E-state index in [-0.39, 0.29) is 0 Å². The van der Waals surface area contributed by atoms with Gasteiger partial charge in [-0.2, -0.15) is 0 Å². The van der Waals surface area contributed by atoms with E-state index in [9.17, 15) is 0 Å². The fourth-order valence-corrected chi connectivity index (χ4v) is 2.05. The Hall–Kier alpha value is -1.39. The molecule has 3 N–H and O–H groups in total. The molecule has 0 aliphatic carbocycles. The van der Waals surface area contributed by atoms with Crippen LogP contribution in [-0.2, 0) is 6.42 Å². The molecule has 1 unspecified atom stereocenters. The number of aromatic nitrogens is 1. The molecule has 0 aliphatic heterocycles. The molecule has 0 saturated heterocycles. The second-order valence-electron chi connectivity index (χ2n) is 4.94. The Kier molecular flexibility index (Phi) is 4.33. The number of nitrogens with two attached hydrogens (primary N) is 1. The number of benzene rings is 1. The average Bonchev–Trinajstić information content (AvgIpc) is 2.81. The van der Waals surface area contributed by atoms with E-state index in [1.807, 2.05) is 6.07 Å². The van der Waals surface area contributed by atoms with Crippen molar-refractivity contribution in [2.75, 3.05) is 13.1 Å². The fourth-order valence-electron chi connectivity index (χ4n) is 2.05. The molecular formula is C14H21N3O. The highest BCUT2D eigenvalue weighted by atomic mass is 16.3. The van der Waals surface area contributed by atoms with Gasteiger partial charge in [0.2, 0.25) is 0 Å². The molecule has 1 aromatic carbocycles. The summed E-state index contributed by atoms with van der Waals surface area (Å²) in [5.41, 5.74) is 8.75. The van der Waals surface area contributed by atoms with E-state index in [0.29, 0.717) is 18.5 Å². The lowest BCUT2D eigenvalue weighted by Crippen LogP contribution is -2.41. The Balaban J connectivity index is 1.89. The SMILES string of the molecule is CC(C)C(CN)NCCc1ccc2ncoc2c1. The van der Waals surface area contributed by atoms with Crippen LogP contribution >= 0.6 is 0 Å². The van der Waals surface area contributed by atoms with Gasteiger partial charge in [-0.15, -0.1) is 0 Å². The van der Waals surface area contributed by atoms with Crippen molar-refractivity contribution in [2.24, 2.45) is 11.7 Å². The van der Waals surface area contributed by atoms with E-state index in [1.54, 1.807) is 0 Å². The Morgan fingerprint density at radius 2 is 2.22 bits per heavy atom. The van der Waals surface area contributed by atoms with Crippen molar-refractivity contribution >= 4 is 11.1 Å². The van der Waals surface area contributed by atoms with E-state index >= 15 is 0 Å². The second-order valence-corrected chi connectivity index (χ2v) is 4.94. The summed E-state index contributed by atoms with van der Waals surface area (Å²) in [5.74, 6) is 0.562. The van der Waals surface area contributed by atoms with Crippen LogP contribution < -0.4 is 11.1 Å². The van der Waals surface area contributed by atoms with E-state index < -0.39 is 0 Å². The molecule has 18 heavy (non-hydrogen) atoms. The van der Waals surface area contributed by atoms with Crippen LogP contribution in [0.2, 0.25) is 0 Å². The van der Waals surface area contributed by atoms with Gasteiger partial charge in [-0.05, 0) is 36.6 Å². The summed E-state index contributed by atoms with van der Waals surface area (Å²) in [6, 6.07) is 6.53. The van der Waals surface area contributed by atoms with Crippen molar-refractivity contribution in [1.82, 2.24) is 10.3 Å². The third kappa shape index (κ3) is 3.09. The van der Waals surface area contributed by atoms with Gasteiger partial charge in [0.25, 0.3) is 0 Å². The molecule has 0 saturated carbocycles. The maximum absolute atomic E-state index is 5.73. The first kappa shape index (κ1) is 13.1. The maximum atomic E-state index is 5.73. The third-order valence-electron chi connectivity index (χ3n) is 3.27. The predicted octanol–water partition coefficient (Wildman–Crippen LogP) is 1.94. The summed E-state index contributed by atoms with van der Waals surface area (Å²) in [7, 11) is 0. The number of hydrogen-bond acceptors (Lipinski definition) is 4. The lowest BCUT2D eigenvalue weighted by atomic mass is 10.0. The number of oxazole rings is 1. The molecule has 4 heteroatoms.